The van der Waals surface area contributed by atoms with E-state index < -0.39 is 16.8 Å². The normalized spacial score (nSPS) is 13.0. The molecule has 0 saturated heterocycles. The Labute approximate surface area is 128 Å². The molecule has 0 bridgehead atoms. The van der Waals surface area contributed by atoms with Crippen molar-refractivity contribution in [2.75, 3.05) is 12.8 Å². The fourth-order valence-electron chi connectivity index (χ4n) is 1.64. The summed E-state index contributed by atoms with van der Waals surface area (Å²) in [4.78, 5) is 24.5. The summed E-state index contributed by atoms with van der Waals surface area (Å²) in [7, 11) is 1.69. The van der Waals surface area contributed by atoms with Gasteiger partial charge in [0, 0.05) is 11.8 Å². The molecule has 0 aliphatic rings. The Balaban J connectivity index is 2.51. The van der Waals surface area contributed by atoms with E-state index in [-0.39, 0.29) is 11.7 Å². The number of thioether (sulfide) groups is 1. The molecule has 0 fully saturated rings. The number of hydrogen-bond donors (Lipinski definition) is 2. The third kappa shape index (κ3) is 5.09. The van der Waals surface area contributed by atoms with Crippen LogP contribution in [0.5, 0.6) is 0 Å². The molecular weight excluding hydrogens is 292 g/mol. The van der Waals surface area contributed by atoms with E-state index in [0.717, 1.165) is 11.5 Å². The van der Waals surface area contributed by atoms with Crippen LogP contribution in [0.2, 0.25) is 0 Å². The van der Waals surface area contributed by atoms with Crippen molar-refractivity contribution in [1.29, 1.82) is 0 Å². The molecule has 1 aromatic rings. The summed E-state index contributed by atoms with van der Waals surface area (Å²) in [5.74, 6) is 0.521. The predicted octanol–water partition coefficient (Wildman–Crippen LogP) is 1.47. The van der Waals surface area contributed by atoms with Crippen LogP contribution in [-0.2, 0) is 16.1 Å². The van der Waals surface area contributed by atoms with E-state index >= 15 is 0 Å². The molecule has 1 aromatic heterocycles. The van der Waals surface area contributed by atoms with Crippen molar-refractivity contribution in [2.24, 2.45) is 5.73 Å². The van der Waals surface area contributed by atoms with Crippen LogP contribution in [0.25, 0.3) is 0 Å². The van der Waals surface area contributed by atoms with E-state index in [1.807, 2.05) is 19.1 Å². The van der Waals surface area contributed by atoms with E-state index in [1.165, 1.54) is 11.8 Å². The molecule has 1 heterocycles. The molecule has 0 aliphatic carbocycles. The molecule has 0 aliphatic heterocycles. The van der Waals surface area contributed by atoms with Gasteiger partial charge in [0.15, 0.2) is 0 Å². The minimum Gasteiger partial charge on any atom is -0.480 e. The number of nitrogens with zero attached hydrogens (tertiary/aromatic N) is 1. The molecule has 6 nitrogen and oxygen atoms in total. The maximum Gasteiger partial charge on any atom is 0.321 e. The van der Waals surface area contributed by atoms with E-state index in [4.69, 9.17) is 15.3 Å². The van der Waals surface area contributed by atoms with Gasteiger partial charge in [-0.1, -0.05) is 0 Å². The number of rotatable bonds is 7. The Morgan fingerprint density at radius 1 is 1.48 bits per heavy atom. The standard InChI is InChI=1S/C14H22N2O4S/c1-9-5-6-10(20-9)7-16(4)11(17)8-21-14(2,3)12(15)13(18)19/h5-6,12H,7-8,15H2,1-4H3,(H,18,19)/t12-/m1/s1. The molecule has 21 heavy (non-hydrogen) atoms. The summed E-state index contributed by atoms with van der Waals surface area (Å²) in [6.07, 6.45) is 0. The first-order chi connectivity index (χ1) is 9.63. The Hall–Kier alpha value is -1.47. The van der Waals surface area contributed by atoms with Gasteiger partial charge in [0.25, 0.3) is 0 Å². The SMILES string of the molecule is Cc1ccc(CN(C)C(=O)CSC(C)(C)[C@H](N)C(=O)O)o1. The first kappa shape index (κ1) is 17.6. The molecule has 0 unspecified atom stereocenters. The topological polar surface area (TPSA) is 96.8 Å². The van der Waals surface area contributed by atoms with Gasteiger partial charge in [0.1, 0.15) is 17.6 Å². The van der Waals surface area contributed by atoms with Crippen LogP contribution in [-0.4, -0.2) is 45.5 Å². The molecule has 7 heteroatoms. The van der Waals surface area contributed by atoms with Crippen LogP contribution in [0.15, 0.2) is 16.5 Å². The Morgan fingerprint density at radius 2 is 2.10 bits per heavy atom. The average molecular weight is 314 g/mol. The molecule has 1 atom stereocenters. The lowest BCUT2D eigenvalue weighted by Gasteiger charge is -2.28. The Bertz CT molecular complexity index is 513. The van der Waals surface area contributed by atoms with Gasteiger partial charge >= 0.3 is 5.97 Å². The van der Waals surface area contributed by atoms with Gasteiger partial charge < -0.3 is 20.2 Å². The Kier molecular flexibility index (Phi) is 5.86. The Morgan fingerprint density at radius 3 is 2.57 bits per heavy atom. The first-order valence-corrected chi connectivity index (χ1v) is 7.53. The number of carboxylic acids is 1. The van der Waals surface area contributed by atoms with Crippen LogP contribution in [0, 0.1) is 6.92 Å². The van der Waals surface area contributed by atoms with Gasteiger partial charge in [-0.05, 0) is 32.9 Å². The summed E-state index contributed by atoms with van der Waals surface area (Å²) in [6, 6.07) is 2.65. The highest BCUT2D eigenvalue weighted by molar-refractivity contribution is 8.01. The third-order valence-electron chi connectivity index (χ3n) is 3.20. The summed E-state index contributed by atoms with van der Waals surface area (Å²) in [5.41, 5.74) is 5.62. The molecule has 0 saturated carbocycles. The molecular formula is C14H22N2O4S. The fraction of sp³-hybridized carbons (Fsp3) is 0.571. The van der Waals surface area contributed by atoms with Gasteiger partial charge in [0.2, 0.25) is 5.91 Å². The third-order valence-corrected chi connectivity index (χ3v) is 4.59. The molecule has 118 valence electrons. The zero-order valence-corrected chi connectivity index (χ0v) is 13.6. The number of furan rings is 1. The molecule has 0 spiro atoms. The number of carboxylic acid groups (broad SMARTS) is 1. The highest BCUT2D eigenvalue weighted by Crippen LogP contribution is 2.27. The van der Waals surface area contributed by atoms with Crippen molar-refractivity contribution < 1.29 is 19.1 Å². The van der Waals surface area contributed by atoms with Crippen molar-refractivity contribution in [2.45, 2.75) is 38.1 Å². The monoisotopic (exact) mass is 314 g/mol. The van der Waals surface area contributed by atoms with Crippen molar-refractivity contribution >= 4 is 23.6 Å². The number of aryl methyl sites for hydroxylation is 1. The number of aliphatic carboxylic acids is 1. The summed E-state index contributed by atoms with van der Waals surface area (Å²) >= 11 is 1.24. The number of hydrogen-bond acceptors (Lipinski definition) is 5. The lowest BCUT2D eigenvalue weighted by atomic mass is 10.1. The van der Waals surface area contributed by atoms with Crippen LogP contribution in [0.1, 0.15) is 25.4 Å². The van der Waals surface area contributed by atoms with E-state index in [0.29, 0.717) is 6.54 Å². The summed E-state index contributed by atoms with van der Waals surface area (Å²) < 4.78 is 4.70. The van der Waals surface area contributed by atoms with E-state index in [9.17, 15) is 9.59 Å². The summed E-state index contributed by atoms with van der Waals surface area (Å²) in [6.45, 7) is 5.68. The second kappa shape index (κ2) is 7.00. The van der Waals surface area contributed by atoms with Crippen LogP contribution in [0.3, 0.4) is 0 Å². The number of amides is 1. The average Bonchev–Trinajstić information content (AvgIpc) is 2.80. The van der Waals surface area contributed by atoms with Crippen molar-refractivity contribution in [3.63, 3.8) is 0 Å². The van der Waals surface area contributed by atoms with E-state index in [1.54, 1.807) is 25.8 Å². The lowest BCUT2D eigenvalue weighted by molar-refractivity contribution is -0.139. The minimum absolute atomic E-state index is 0.0975. The zero-order valence-electron chi connectivity index (χ0n) is 12.8. The van der Waals surface area contributed by atoms with Crippen molar-refractivity contribution in [3.8, 4) is 0 Å². The highest BCUT2D eigenvalue weighted by atomic mass is 32.2. The predicted molar refractivity (Wildman–Crippen MR) is 82.1 cm³/mol. The van der Waals surface area contributed by atoms with Crippen LogP contribution >= 0.6 is 11.8 Å². The second-order valence-corrected chi connectivity index (χ2v) is 7.10. The summed E-state index contributed by atoms with van der Waals surface area (Å²) in [5, 5.41) is 8.94. The second-order valence-electron chi connectivity index (χ2n) is 5.47. The van der Waals surface area contributed by atoms with Gasteiger partial charge in [-0.15, -0.1) is 11.8 Å². The lowest BCUT2D eigenvalue weighted by Crippen LogP contribution is -2.47. The first-order valence-electron chi connectivity index (χ1n) is 6.55. The number of carbonyl (C=O) groups is 2. The highest BCUT2D eigenvalue weighted by Gasteiger charge is 2.33. The number of carbonyl (C=O) groups excluding carboxylic acids is 1. The van der Waals surface area contributed by atoms with Gasteiger partial charge in [-0.25, -0.2) is 0 Å². The maximum absolute atomic E-state index is 12.1. The molecule has 1 amide bonds. The van der Waals surface area contributed by atoms with Gasteiger partial charge in [-0.3, -0.25) is 9.59 Å². The largest absolute Gasteiger partial charge is 0.480 e. The van der Waals surface area contributed by atoms with Crippen LogP contribution < -0.4 is 5.73 Å². The molecule has 3 N–H and O–H groups in total. The quantitative estimate of drug-likeness (QED) is 0.791. The fourth-order valence-corrected chi connectivity index (χ4v) is 2.63. The maximum atomic E-state index is 12.1. The number of nitrogens with two attached hydrogens (primary N) is 1. The molecule has 1 rings (SSSR count). The van der Waals surface area contributed by atoms with Crippen LogP contribution in [0.4, 0.5) is 0 Å². The molecule has 0 radical (unpaired) electrons. The zero-order chi connectivity index (χ0) is 16.2. The van der Waals surface area contributed by atoms with Gasteiger partial charge in [0.05, 0.1) is 12.3 Å². The minimum atomic E-state index is -1.07. The van der Waals surface area contributed by atoms with Crippen molar-refractivity contribution in [1.82, 2.24) is 4.90 Å². The molecule has 0 aromatic carbocycles. The van der Waals surface area contributed by atoms with E-state index in [2.05, 4.69) is 0 Å². The van der Waals surface area contributed by atoms with Gasteiger partial charge in [-0.2, -0.15) is 0 Å². The van der Waals surface area contributed by atoms with Crippen molar-refractivity contribution in [3.05, 3.63) is 23.7 Å². The smallest absolute Gasteiger partial charge is 0.321 e.